The van der Waals surface area contributed by atoms with Crippen LogP contribution in [0.1, 0.15) is 19.0 Å². The van der Waals surface area contributed by atoms with Crippen LogP contribution in [0.5, 0.6) is 0 Å². The summed E-state index contributed by atoms with van der Waals surface area (Å²) >= 11 is 0. The maximum absolute atomic E-state index is 11.7. The predicted molar refractivity (Wildman–Crippen MR) is 134 cm³/mol. The average molecular weight is 460 g/mol. The van der Waals surface area contributed by atoms with Gasteiger partial charge in [-0.05, 0) is 30.3 Å². The molecule has 1 aromatic carbocycles. The van der Waals surface area contributed by atoms with Crippen LogP contribution >= 0.6 is 0 Å². The minimum atomic E-state index is 0.174. The van der Waals surface area contributed by atoms with Gasteiger partial charge in [0.2, 0.25) is 0 Å². The lowest BCUT2D eigenvalue weighted by atomic mass is 10.1. The first-order valence-corrected chi connectivity index (χ1v) is 11.4. The van der Waals surface area contributed by atoms with E-state index in [-0.39, 0.29) is 5.78 Å². The summed E-state index contributed by atoms with van der Waals surface area (Å²) in [6, 6.07) is 17.7. The highest BCUT2D eigenvalue weighted by Crippen LogP contribution is 2.31. The molecule has 5 heterocycles. The summed E-state index contributed by atoms with van der Waals surface area (Å²) in [5.74, 6) is 0.852. The van der Waals surface area contributed by atoms with Gasteiger partial charge >= 0.3 is 0 Å². The van der Waals surface area contributed by atoms with Crippen molar-refractivity contribution in [1.29, 1.82) is 0 Å². The summed E-state index contributed by atoms with van der Waals surface area (Å²) in [6.45, 7) is 1.86. The number of aromatic amines is 2. The highest BCUT2D eigenvalue weighted by atomic mass is 16.1. The van der Waals surface area contributed by atoms with E-state index in [4.69, 9.17) is 4.98 Å². The third-order valence-electron chi connectivity index (χ3n) is 6.03. The quantitative estimate of drug-likeness (QED) is 0.356. The van der Waals surface area contributed by atoms with Gasteiger partial charge in [0.15, 0.2) is 11.5 Å². The highest BCUT2D eigenvalue weighted by molar-refractivity contribution is 5.96. The number of hydrogen-bond acceptors (Lipinski definition) is 6. The standard InChI is InChI=1S/C27H21N7O/c1-2-19(35)13-18-10-9-16(14-29-18)17-12-21-25(33-34-26(21)30-15-17)27-31-23-8-5-6-20(24(23)32-27)22-7-3-4-11-28-22/h3-12,14-15H,2,13H2,1H3,(H,31,32)(H,30,33,34). The zero-order valence-corrected chi connectivity index (χ0v) is 19.0. The second kappa shape index (κ2) is 8.57. The van der Waals surface area contributed by atoms with E-state index >= 15 is 0 Å². The second-order valence-electron chi connectivity index (χ2n) is 8.30. The van der Waals surface area contributed by atoms with Gasteiger partial charge < -0.3 is 4.98 Å². The summed E-state index contributed by atoms with van der Waals surface area (Å²) in [6.07, 6.45) is 6.20. The van der Waals surface area contributed by atoms with E-state index in [1.807, 2.05) is 61.5 Å². The summed E-state index contributed by atoms with van der Waals surface area (Å²) in [5, 5.41) is 8.32. The molecule has 0 aliphatic rings. The normalized spacial score (nSPS) is 11.3. The molecular formula is C27H21N7O. The maximum Gasteiger partial charge on any atom is 0.181 e. The molecule has 0 saturated carbocycles. The van der Waals surface area contributed by atoms with Gasteiger partial charge in [-0.3, -0.25) is 19.9 Å². The molecule has 0 atom stereocenters. The number of benzene rings is 1. The number of H-pyrrole nitrogens is 2. The summed E-state index contributed by atoms with van der Waals surface area (Å²) < 4.78 is 0. The van der Waals surface area contributed by atoms with Crippen LogP contribution in [0.3, 0.4) is 0 Å². The van der Waals surface area contributed by atoms with Gasteiger partial charge in [0.25, 0.3) is 0 Å². The molecule has 0 spiro atoms. The molecular weight excluding hydrogens is 438 g/mol. The number of fused-ring (bicyclic) bond motifs is 2. The second-order valence-corrected chi connectivity index (χ2v) is 8.30. The van der Waals surface area contributed by atoms with Crippen molar-refractivity contribution in [2.24, 2.45) is 0 Å². The molecule has 0 aliphatic heterocycles. The smallest absolute Gasteiger partial charge is 0.181 e. The van der Waals surface area contributed by atoms with Crippen molar-refractivity contribution in [1.82, 2.24) is 35.1 Å². The van der Waals surface area contributed by atoms with Crippen LogP contribution < -0.4 is 0 Å². The highest BCUT2D eigenvalue weighted by Gasteiger charge is 2.16. The Balaban J connectivity index is 1.40. The monoisotopic (exact) mass is 459 g/mol. The van der Waals surface area contributed by atoms with E-state index in [9.17, 15) is 4.79 Å². The minimum absolute atomic E-state index is 0.174. The van der Waals surface area contributed by atoms with Crippen molar-refractivity contribution in [2.45, 2.75) is 19.8 Å². The molecule has 0 amide bonds. The number of imidazole rings is 1. The SMILES string of the molecule is CCC(=O)Cc1ccc(-c2cnc3n[nH]c(-c4nc5c(-c6ccccn6)cccc5[nH]4)c3c2)cn1. The zero-order valence-electron chi connectivity index (χ0n) is 19.0. The van der Waals surface area contributed by atoms with Gasteiger partial charge in [-0.25, -0.2) is 9.97 Å². The predicted octanol–water partition coefficient (Wildman–Crippen LogP) is 5.15. The number of aromatic nitrogens is 7. The Morgan fingerprint density at radius 3 is 2.66 bits per heavy atom. The van der Waals surface area contributed by atoms with Crippen LogP contribution in [0.25, 0.3) is 56.0 Å². The molecule has 0 radical (unpaired) electrons. The molecule has 8 nitrogen and oxygen atoms in total. The first-order chi connectivity index (χ1) is 17.2. The Morgan fingerprint density at radius 2 is 1.86 bits per heavy atom. The number of nitrogens with zero attached hydrogens (tertiary/aromatic N) is 5. The van der Waals surface area contributed by atoms with Gasteiger partial charge in [0, 0.05) is 53.8 Å². The zero-order chi connectivity index (χ0) is 23.8. The van der Waals surface area contributed by atoms with Crippen molar-refractivity contribution in [3.05, 3.63) is 78.9 Å². The summed E-state index contributed by atoms with van der Waals surface area (Å²) in [4.78, 5) is 33.5. The molecule has 0 bridgehead atoms. The van der Waals surface area contributed by atoms with Crippen molar-refractivity contribution in [2.75, 3.05) is 0 Å². The van der Waals surface area contributed by atoms with Crippen LogP contribution in [0.2, 0.25) is 0 Å². The molecule has 0 saturated heterocycles. The molecule has 170 valence electrons. The fraction of sp³-hybridized carbons (Fsp3) is 0.111. The Hall–Kier alpha value is -4.72. The third-order valence-corrected chi connectivity index (χ3v) is 6.03. The largest absolute Gasteiger partial charge is 0.337 e. The van der Waals surface area contributed by atoms with Gasteiger partial charge in [0.1, 0.15) is 11.5 Å². The van der Waals surface area contributed by atoms with E-state index in [1.54, 1.807) is 18.6 Å². The number of Topliss-reactive ketones (excluding diaryl/α,β-unsaturated/α-hetero) is 1. The number of nitrogens with one attached hydrogen (secondary N) is 2. The molecule has 0 aliphatic carbocycles. The lowest BCUT2D eigenvalue weighted by Gasteiger charge is -2.03. The van der Waals surface area contributed by atoms with Crippen LogP contribution in [-0.2, 0) is 11.2 Å². The number of pyridine rings is 3. The van der Waals surface area contributed by atoms with Crippen molar-refractivity contribution in [3.63, 3.8) is 0 Å². The molecule has 6 aromatic rings. The van der Waals surface area contributed by atoms with Crippen molar-refractivity contribution < 1.29 is 4.79 Å². The van der Waals surface area contributed by atoms with Crippen LogP contribution in [0.4, 0.5) is 0 Å². The summed E-state index contributed by atoms with van der Waals surface area (Å²) in [5.41, 5.74) is 7.54. The topological polar surface area (TPSA) is 113 Å². The van der Waals surface area contributed by atoms with E-state index in [2.05, 4.69) is 30.1 Å². The summed E-state index contributed by atoms with van der Waals surface area (Å²) in [7, 11) is 0. The number of carbonyl (C=O) groups is 1. The number of rotatable bonds is 6. The Kier molecular flexibility index (Phi) is 5.11. The average Bonchev–Trinajstić information content (AvgIpc) is 3.53. The lowest BCUT2D eigenvalue weighted by molar-refractivity contribution is -0.118. The maximum atomic E-state index is 11.7. The van der Waals surface area contributed by atoms with Crippen molar-refractivity contribution >= 4 is 27.9 Å². The number of carbonyl (C=O) groups excluding carboxylic acids is 1. The Labute approximate surface area is 200 Å². The molecule has 0 fully saturated rings. The van der Waals surface area contributed by atoms with Gasteiger partial charge in [-0.1, -0.05) is 31.2 Å². The van der Waals surface area contributed by atoms with E-state index < -0.39 is 0 Å². The third kappa shape index (κ3) is 3.85. The number of para-hydroxylation sites is 1. The molecule has 6 rings (SSSR count). The van der Waals surface area contributed by atoms with Crippen LogP contribution in [-0.4, -0.2) is 40.9 Å². The number of hydrogen-bond donors (Lipinski definition) is 2. The Morgan fingerprint density at radius 1 is 0.943 bits per heavy atom. The first-order valence-electron chi connectivity index (χ1n) is 11.4. The van der Waals surface area contributed by atoms with Gasteiger partial charge in [-0.15, -0.1) is 0 Å². The molecule has 2 N–H and O–H groups in total. The van der Waals surface area contributed by atoms with Gasteiger partial charge in [0.05, 0.1) is 22.1 Å². The first kappa shape index (κ1) is 20.9. The molecule has 0 unspecified atom stereocenters. The number of ketones is 1. The fourth-order valence-corrected chi connectivity index (χ4v) is 4.14. The fourth-order valence-electron chi connectivity index (χ4n) is 4.14. The van der Waals surface area contributed by atoms with E-state index in [0.29, 0.717) is 24.3 Å². The van der Waals surface area contributed by atoms with Gasteiger partial charge in [-0.2, -0.15) is 5.10 Å². The lowest BCUT2D eigenvalue weighted by Crippen LogP contribution is -2.02. The molecule has 8 heteroatoms. The molecule has 35 heavy (non-hydrogen) atoms. The van der Waals surface area contributed by atoms with E-state index in [0.717, 1.165) is 50.2 Å². The molecule has 5 aromatic heterocycles. The Bertz CT molecular complexity index is 1670. The minimum Gasteiger partial charge on any atom is -0.337 e. The van der Waals surface area contributed by atoms with Crippen LogP contribution in [0.15, 0.2) is 73.2 Å². The van der Waals surface area contributed by atoms with Crippen LogP contribution in [0, 0.1) is 0 Å². The van der Waals surface area contributed by atoms with Crippen molar-refractivity contribution in [3.8, 4) is 33.9 Å². The van der Waals surface area contributed by atoms with E-state index in [1.165, 1.54) is 0 Å².